The van der Waals surface area contributed by atoms with Crippen molar-refractivity contribution < 1.29 is 4.42 Å². The van der Waals surface area contributed by atoms with Crippen LogP contribution in [0.5, 0.6) is 0 Å². The highest BCUT2D eigenvalue weighted by atomic mass is 32.2. The van der Waals surface area contributed by atoms with Gasteiger partial charge in [-0.25, -0.2) is 0 Å². The first-order valence-corrected chi connectivity index (χ1v) is 8.78. The van der Waals surface area contributed by atoms with Gasteiger partial charge < -0.3 is 4.42 Å². The first kappa shape index (κ1) is 15.0. The molecule has 0 atom stereocenters. The van der Waals surface area contributed by atoms with Crippen LogP contribution in [0.1, 0.15) is 12.5 Å². The molecule has 0 bridgehead atoms. The van der Waals surface area contributed by atoms with Gasteiger partial charge in [0.2, 0.25) is 0 Å². The number of hydrogen-bond acceptors (Lipinski definition) is 5. The fraction of sp³-hybridized carbons (Fsp3) is 0.167. The Morgan fingerprint density at radius 2 is 2.00 bits per heavy atom. The van der Waals surface area contributed by atoms with Crippen molar-refractivity contribution in [2.45, 2.75) is 24.4 Å². The lowest BCUT2D eigenvalue weighted by Gasteiger charge is -2.07. The lowest BCUT2D eigenvalue weighted by Crippen LogP contribution is -1.99. The lowest BCUT2D eigenvalue weighted by atomic mass is 10.1. The number of rotatable bonds is 5. The Kier molecular flexibility index (Phi) is 4.04. The fourth-order valence-electron chi connectivity index (χ4n) is 2.69. The molecule has 120 valence electrons. The molecular weight excluding hydrogens is 320 g/mol. The molecule has 0 unspecified atom stereocenters. The van der Waals surface area contributed by atoms with Crippen LogP contribution in [0.15, 0.2) is 64.5 Å². The molecule has 0 N–H and O–H groups in total. The molecule has 1 aromatic carbocycles. The highest BCUT2D eigenvalue weighted by molar-refractivity contribution is 7.98. The van der Waals surface area contributed by atoms with Crippen LogP contribution in [0, 0.1) is 0 Å². The summed E-state index contributed by atoms with van der Waals surface area (Å²) in [7, 11) is 0. The van der Waals surface area contributed by atoms with Crippen LogP contribution in [-0.4, -0.2) is 19.7 Å². The first-order valence-electron chi connectivity index (χ1n) is 7.79. The van der Waals surface area contributed by atoms with Crippen molar-refractivity contribution in [3.63, 3.8) is 0 Å². The quantitative estimate of drug-likeness (QED) is 0.506. The smallest absolute Gasteiger partial charge is 0.200 e. The predicted molar refractivity (Wildman–Crippen MR) is 94.7 cm³/mol. The Balaban J connectivity index is 1.62. The number of para-hydroxylation sites is 1. The maximum Gasteiger partial charge on any atom is 0.200 e. The van der Waals surface area contributed by atoms with E-state index in [1.54, 1.807) is 18.0 Å². The SMILES string of the molecule is CCn1c(SCc2cccc3cccnc23)nnc1-c1ccco1. The van der Waals surface area contributed by atoms with E-state index in [1.165, 1.54) is 5.56 Å². The van der Waals surface area contributed by atoms with Crippen molar-refractivity contribution in [1.82, 2.24) is 19.7 Å². The zero-order valence-electron chi connectivity index (χ0n) is 13.2. The van der Waals surface area contributed by atoms with E-state index in [-0.39, 0.29) is 0 Å². The van der Waals surface area contributed by atoms with Gasteiger partial charge in [0.05, 0.1) is 11.8 Å². The molecule has 0 aliphatic heterocycles. The average molecular weight is 336 g/mol. The van der Waals surface area contributed by atoms with Gasteiger partial charge in [0.15, 0.2) is 16.7 Å². The minimum atomic E-state index is 0.739. The molecule has 0 saturated carbocycles. The van der Waals surface area contributed by atoms with E-state index >= 15 is 0 Å². The van der Waals surface area contributed by atoms with Gasteiger partial charge in [-0.15, -0.1) is 10.2 Å². The Morgan fingerprint density at radius 1 is 1.08 bits per heavy atom. The highest BCUT2D eigenvalue weighted by Gasteiger charge is 2.15. The zero-order valence-corrected chi connectivity index (χ0v) is 14.0. The summed E-state index contributed by atoms with van der Waals surface area (Å²) in [5.41, 5.74) is 2.24. The van der Waals surface area contributed by atoms with Gasteiger partial charge in [0.25, 0.3) is 0 Å². The summed E-state index contributed by atoms with van der Waals surface area (Å²) in [6, 6.07) is 14.1. The summed E-state index contributed by atoms with van der Waals surface area (Å²) < 4.78 is 7.52. The third-order valence-electron chi connectivity index (χ3n) is 3.85. The van der Waals surface area contributed by atoms with E-state index in [0.29, 0.717) is 0 Å². The lowest BCUT2D eigenvalue weighted by molar-refractivity contribution is 0.567. The second-order valence-corrected chi connectivity index (χ2v) is 6.25. The molecular formula is C18H16N4OS. The molecule has 4 aromatic rings. The van der Waals surface area contributed by atoms with Gasteiger partial charge in [-0.3, -0.25) is 9.55 Å². The normalized spacial score (nSPS) is 11.2. The van der Waals surface area contributed by atoms with E-state index in [0.717, 1.165) is 39.9 Å². The van der Waals surface area contributed by atoms with Crippen LogP contribution < -0.4 is 0 Å². The summed E-state index contributed by atoms with van der Waals surface area (Å²) in [5.74, 6) is 2.30. The van der Waals surface area contributed by atoms with Crippen molar-refractivity contribution in [2.24, 2.45) is 0 Å². The second kappa shape index (κ2) is 6.49. The minimum Gasteiger partial charge on any atom is -0.461 e. The Bertz CT molecular complexity index is 957. The molecule has 0 aliphatic carbocycles. The van der Waals surface area contributed by atoms with Crippen molar-refractivity contribution in [3.05, 3.63) is 60.5 Å². The first-order chi connectivity index (χ1) is 11.9. The van der Waals surface area contributed by atoms with Gasteiger partial charge in [-0.05, 0) is 30.7 Å². The molecule has 0 saturated heterocycles. The molecule has 0 amide bonds. The topological polar surface area (TPSA) is 56.7 Å². The molecule has 3 heterocycles. The van der Waals surface area contributed by atoms with Crippen molar-refractivity contribution in [2.75, 3.05) is 0 Å². The molecule has 0 fully saturated rings. The second-order valence-electron chi connectivity index (χ2n) is 5.31. The zero-order chi connectivity index (χ0) is 16.4. The third kappa shape index (κ3) is 2.69. The van der Waals surface area contributed by atoms with Crippen LogP contribution in [0.25, 0.3) is 22.5 Å². The molecule has 0 aliphatic rings. The average Bonchev–Trinajstić information content (AvgIpc) is 3.28. The van der Waals surface area contributed by atoms with Crippen LogP contribution in [0.4, 0.5) is 0 Å². The van der Waals surface area contributed by atoms with Crippen molar-refractivity contribution in [1.29, 1.82) is 0 Å². The van der Waals surface area contributed by atoms with Gasteiger partial charge >= 0.3 is 0 Å². The summed E-state index contributed by atoms with van der Waals surface area (Å²) >= 11 is 1.67. The summed E-state index contributed by atoms with van der Waals surface area (Å²) in [6.07, 6.45) is 3.48. The van der Waals surface area contributed by atoms with E-state index in [4.69, 9.17) is 4.42 Å². The Hall–Kier alpha value is -2.60. The molecule has 6 heteroatoms. The Labute approximate surface area is 143 Å². The molecule has 24 heavy (non-hydrogen) atoms. The maximum atomic E-state index is 5.45. The third-order valence-corrected chi connectivity index (χ3v) is 4.86. The number of benzene rings is 1. The molecule has 0 spiro atoms. The van der Waals surface area contributed by atoms with Crippen molar-refractivity contribution >= 4 is 22.7 Å². The number of fused-ring (bicyclic) bond motifs is 1. The molecule has 3 aromatic heterocycles. The minimum absolute atomic E-state index is 0.739. The number of pyridine rings is 1. The van der Waals surface area contributed by atoms with Crippen molar-refractivity contribution in [3.8, 4) is 11.6 Å². The number of furan rings is 1. The standard InChI is InChI=1S/C18H16N4OS/c1-2-22-17(15-9-5-11-23-15)20-21-18(22)24-12-14-7-3-6-13-8-4-10-19-16(13)14/h3-11H,2,12H2,1H3. The predicted octanol–water partition coefficient (Wildman–Crippen LogP) is 4.40. The van der Waals surface area contributed by atoms with Gasteiger partial charge in [0, 0.05) is 23.9 Å². The van der Waals surface area contributed by atoms with Crippen LogP contribution in [-0.2, 0) is 12.3 Å². The van der Waals surface area contributed by atoms with E-state index in [2.05, 4.69) is 50.9 Å². The fourth-order valence-corrected chi connectivity index (χ4v) is 3.68. The van der Waals surface area contributed by atoms with Crippen LogP contribution in [0.3, 0.4) is 0 Å². The Morgan fingerprint density at radius 3 is 2.83 bits per heavy atom. The molecule has 0 radical (unpaired) electrons. The number of hydrogen-bond donors (Lipinski definition) is 0. The maximum absolute atomic E-state index is 5.45. The molecule has 4 rings (SSSR count). The number of nitrogens with zero attached hydrogens (tertiary/aromatic N) is 4. The largest absolute Gasteiger partial charge is 0.461 e. The summed E-state index contributed by atoms with van der Waals surface area (Å²) in [4.78, 5) is 4.51. The monoisotopic (exact) mass is 336 g/mol. The van der Waals surface area contributed by atoms with Gasteiger partial charge in [-0.2, -0.15) is 0 Å². The van der Waals surface area contributed by atoms with E-state index in [9.17, 15) is 0 Å². The van der Waals surface area contributed by atoms with Crippen LogP contribution >= 0.6 is 11.8 Å². The number of aromatic nitrogens is 4. The van der Waals surface area contributed by atoms with Gasteiger partial charge in [0.1, 0.15) is 0 Å². The summed E-state index contributed by atoms with van der Waals surface area (Å²) in [5, 5.41) is 10.7. The number of thioether (sulfide) groups is 1. The molecule has 5 nitrogen and oxygen atoms in total. The highest BCUT2D eigenvalue weighted by Crippen LogP contribution is 2.28. The van der Waals surface area contributed by atoms with E-state index < -0.39 is 0 Å². The van der Waals surface area contributed by atoms with E-state index in [1.807, 2.05) is 24.4 Å². The van der Waals surface area contributed by atoms with Crippen LogP contribution in [0.2, 0.25) is 0 Å². The van der Waals surface area contributed by atoms with Gasteiger partial charge in [-0.1, -0.05) is 36.0 Å². The summed E-state index contributed by atoms with van der Waals surface area (Å²) in [6.45, 7) is 2.87.